The normalized spacial score (nSPS) is 13.0. The summed E-state index contributed by atoms with van der Waals surface area (Å²) in [5.41, 5.74) is 12.0. The second-order valence-electron chi connectivity index (χ2n) is 11.2. The predicted octanol–water partition coefficient (Wildman–Crippen LogP) is 8.06. The fourth-order valence-corrected chi connectivity index (χ4v) is 7.24. The third kappa shape index (κ3) is 9.63. The maximum Gasteiger partial charge on any atom is 0.0146 e. The molecule has 234 valence electrons. The number of hydrogen-bond donors (Lipinski definition) is 1. The van der Waals surface area contributed by atoms with Crippen LogP contribution in [0, 0.1) is 48.2 Å². The standard InChI is InChI=1S/C21H27N2.C13H15NO3.2ClH.Ru/c1-14-9-16(3)20(17(4)10-14)22-7-8-23(13-22)21-18(5)11-15(2)12-19(21)6;1-8(2)17-12-6-5-11(7-9(12)3)14-13(16)10(4)15;;;/h9-13H,7-8H2,1-6H3;3,5-8H,1-2,4H3,(H,14,16);2*1H;/q-1;;;;+2/p-2. The number of nitrogens with one attached hydrogen (secondary N) is 1. The molecule has 1 amide bonds. The topological polar surface area (TPSA) is 61.9 Å². The number of hydrogen-bond acceptors (Lipinski definition) is 5. The first kappa shape index (κ1) is 34.8. The van der Waals surface area contributed by atoms with Crippen LogP contribution in [0.1, 0.15) is 59.7 Å². The number of benzene rings is 3. The second kappa shape index (κ2) is 15.3. The van der Waals surface area contributed by atoms with Crippen molar-refractivity contribution in [3.8, 4) is 5.75 Å². The molecule has 1 N–H and O–H groups in total. The van der Waals surface area contributed by atoms with Gasteiger partial charge in [0.2, 0.25) is 0 Å². The fourth-order valence-electron chi connectivity index (χ4n) is 5.46. The molecule has 0 bridgehead atoms. The van der Waals surface area contributed by atoms with Crippen LogP contribution in [0.3, 0.4) is 0 Å². The Morgan fingerprint density at radius 1 is 0.860 bits per heavy atom. The van der Waals surface area contributed by atoms with Crippen molar-refractivity contribution in [3.63, 3.8) is 0 Å². The Bertz CT molecular complexity index is 1420. The van der Waals surface area contributed by atoms with E-state index in [1.165, 1.54) is 51.7 Å². The van der Waals surface area contributed by atoms with E-state index in [-0.39, 0.29) is 6.10 Å². The van der Waals surface area contributed by atoms with Crippen LogP contribution in [0.2, 0.25) is 0 Å². The fraction of sp³-hybridized carbons (Fsp3) is 0.353. The third-order valence-corrected chi connectivity index (χ3v) is 8.68. The number of ketones is 1. The minimum Gasteiger partial charge on any atom is -0.502 e. The molecular formula is C34H42Cl2N3O3Ru-. The van der Waals surface area contributed by atoms with Crippen LogP contribution in [0.4, 0.5) is 17.1 Å². The number of amides is 1. The first-order valence-electron chi connectivity index (χ1n) is 14.2. The maximum absolute atomic E-state index is 11.4. The summed E-state index contributed by atoms with van der Waals surface area (Å²) in [7, 11) is 11.8. The van der Waals surface area contributed by atoms with Gasteiger partial charge in [-0.05, 0) is 63.8 Å². The van der Waals surface area contributed by atoms with Gasteiger partial charge in [0.1, 0.15) is 0 Å². The number of ether oxygens (including phenoxy) is 1. The molecule has 43 heavy (non-hydrogen) atoms. The van der Waals surface area contributed by atoms with Gasteiger partial charge in [-0.2, -0.15) is 6.67 Å². The zero-order valence-corrected chi connectivity index (χ0v) is 29.7. The summed E-state index contributed by atoms with van der Waals surface area (Å²) < 4.78 is 7.38. The summed E-state index contributed by atoms with van der Waals surface area (Å²) in [5, 5.41) is 2.50. The third-order valence-electron chi connectivity index (χ3n) is 6.84. The Morgan fingerprint density at radius 2 is 1.33 bits per heavy atom. The van der Waals surface area contributed by atoms with Gasteiger partial charge in [-0.25, -0.2) is 0 Å². The maximum atomic E-state index is 11.4. The SMILES string of the molecule is CC(=O)C(=O)Nc1ccc(OC(C)C)c([CH]=[Ru]([Cl])[Cl])c1.Cc1cc(C)c(N2[CH-]N(c3c(C)cc(C)cc3C)CC2)c(C)c1. The largest absolute Gasteiger partial charge is 0.502 e. The van der Waals surface area contributed by atoms with E-state index in [4.69, 9.17) is 24.1 Å². The van der Waals surface area contributed by atoms with Crippen LogP contribution in [-0.2, 0) is 23.1 Å². The van der Waals surface area contributed by atoms with Crippen molar-refractivity contribution in [2.45, 2.75) is 68.4 Å². The summed E-state index contributed by atoms with van der Waals surface area (Å²) in [4.78, 5) is 27.1. The number of aryl methyl sites for hydroxylation is 6. The minimum atomic E-state index is -2.03. The van der Waals surface area contributed by atoms with Crippen molar-refractivity contribution < 1.29 is 27.8 Å². The summed E-state index contributed by atoms with van der Waals surface area (Å²) in [6, 6.07) is 14.2. The van der Waals surface area contributed by atoms with Crippen molar-refractivity contribution in [2.75, 3.05) is 28.2 Å². The second-order valence-corrected chi connectivity index (χ2v) is 17.0. The predicted molar refractivity (Wildman–Crippen MR) is 179 cm³/mol. The summed E-state index contributed by atoms with van der Waals surface area (Å²) >= 11 is -2.03. The molecule has 9 heteroatoms. The average molecular weight is 713 g/mol. The van der Waals surface area contributed by atoms with E-state index >= 15 is 0 Å². The molecule has 1 heterocycles. The van der Waals surface area contributed by atoms with E-state index in [9.17, 15) is 9.59 Å². The smallest absolute Gasteiger partial charge is 0.0146 e. The number of nitrogens with zero attached hydrogens (tertiary/aromatic N) is 2. The number of carbonyl (C=O) groups is 2. The summed E-state index contributed by atoms with van der Waals surface area (Å²) in [6.07, 6.45) is 0.00566. The van der Waals surface area contributed by atoms with Gasteiger partial charge in [0.05, 0.1) is 0 Å². The molecule has 0 radical (unpaired) electrons. The Labute approximate surface area is 269 Å². The molecule has 1 aliphatic heterocycles. The number of carbonyl (C=O) groups excluding carboxylic acids is 2. The number of rotatable bonds is 7. The minimum absolute atomic E-state index is 0.00566. The van der Waals surface area contributed by atoms with E-state index in [1.807, 2.05) is 13.8 Å². The quantitative estimate of drug-likeness (QED) is 0.153. The first-order valence-corrected chi connectivity index (χ1v) is 19.6. The average Bonchev–Trinajstić information content (AvgIpc) is 3.33. The molecule has 1 saturated heterocycles. The molecule has 1 fully saturated rings. The van der Waals surface area contributed by atoms with E-state index in [2.05, 4.69) is 87.6 Å². The van der Waals surface area contributed by atoms with Crippen LogP contribution < -0.4 is 19.9 Å². The van der Waals surface area contributed by atoms with E-state index in [0.29, 0.717) is 17.0 Å². The van der Waals surface area contributed by atoms with Gasteiger partial charge in [0.15, 0.2) is 0 Å². The Hall–Kier alpha value is -2.73. The Kier molecular flexibility index (Phi) is 12.4. The van der Waals surface area contributed by atoms with Crippen molar-refractivity contribution in [2.24, 2.45) is 0 Å². The van der Waals surface area contributed by atoms with Crippen LogP contribution in [0.25, 0.3) is 0 Å². The van der Waals surface area contributed by atoms with Gasteiger partial charge in [-0.15, -0.1) is 0 Å². The number of anilines is 3. The van der Waals surface area contributed by atoms with E-state index in [1.54, 1.807) is 22.8 Å². The van der Waals surface area contributed by atoms with E-state index < -0.39 is 25.2 Å². The van der Waals surface area contributed by atoms with Gasteiger partial charge in [-0.3, -0.25) is 0 Å². The summed E-state index contributed by atoms with van der Waals surface area (Å²) in [6.45, 7) is 22.6. The van der Waals surface area contributed by atoms with E-state index in [0.717, 1.165) is 13.1 Å². The van der Waals surface area contributed by atoms with Crippen molar-refractivity contribution in [1.82, 2.24) is 0 Å². The molecule has 6 nitrogen and oxygen atoms in total. The van der Waals surface area contributed by atoms with Crippen molar-refractivity contribution in [1.29, 1.82) is 0 Å². The molecule has 0 saturated carbocycles. The molecule has 3 aromatic rings. The van der Waals surface area contributed by atoms with Gasteiger partial charge in [-0.1, -0.05) is 35.4 Å². The zero-order valence-electron chi connectivity index (χ0n) is 26.4. The zero-order chi connectivity index (χ0) is 32.0. The van der Waals surface area contributed by atoms with Crippen LogP contribution in [0.5, 0.6) is 5.75 Å². The van der Waals surface area contributed by atoms with Crippen molar-refractivity contribution >= 4 is 52.7 Å². The number of Topliss-reactive ketones (excluding diaryl/α,β-unsaturated/α-hetero) is 1. The van der Waals surface area contributed by atoms with Gasteiger partial charge in [0.25, 0.3) is 0 Å². The Morgan fingerprint density at radius 3 is 1.72 bits per heavy atom. The van der Waals surface area contributed by atoms with Gasteiger partial charge >= 0.3 is 131 Å². The number of halogens is 2. The molecule has 0 aromatic heterocycles. The monoisotopic (exact) mass is 712 g/mol. The van der Waals surface area contributed by atoms with Crippen LogP contribution >= 0.6 is 19.4 Å². The molecule has 4 rings (SSSR count). The molecule has 0 spiro atoms. The van der Waals surface area contributed by atoms with Crippen molar-refractivity contribution in [3.05, 3.63) is 88.1 Å². The molecule has 0 atom stereocenters. The molecule has 0 aliphatic carbocycles. The molecule has 1 aliphatic rings. The molecule has 3 aromatic carbocycles. The Balaban J connectivity index is 0.000000238. The first-order chi connectivity index (χ1) is 20.2. The van der Waals surface area contributed by atoms with Crippen LogP contribution in [-0.4, -0.2) is 35.5 Å². The molecule has 0 unspecified atom stereocenters. The summed E-state index contributed by atoms with van der Waals surface area (Å²) in [5.74, 6) is -0.583. The van der Waals surface area contributed by atoms with Gasteiger partial charge < -0.3 is 9.80 Å². The van der Waals surface area contributed by atoms with Gasteiger partial charge in [0, 0.05) is 24.5 Å². The van der Waals surface area contributed by atoms with Crippen LogP contribution in [0.15, 0.2) is 42.5 Å². The molecular weight excluding hydrogens is 670 g/mol.